The van der Waals surface area contributed by atoms with Gasteiger partial charge in [-0.1, -0.05) is 6.42 Å². The molecule has 1 nitrogen and oxygen atoms in total. The van der Waals surface area contributed by atoms with Crippen LogP contribution in [0.1, 0.15) is 26.2 Å². The minimum absolute atomic E-state index is 0.504. The summed E-state index contributed by atoms with van der Waals surface area (Å²) < 4.78 is 39.3. The van der Waals surface area contributed by atoms with Crippen molar-refractivity contribution in [3.8, 4) is 0 Å². The second kappa shape index (κ2) is 2.91. The molecule has 72 valence electrons. The number of nitrogens with two attached hydrogens (primary N) is 1. The Hall–Kier alpha value is -0.250. The van der Waals surface area contributed by atoms with Gasteiger partial charge in [-0.3, -0.25) is 0 Å². The van der Waals surface area contributed by atoms with E-state index in [1.54, 1.807) is 0 Å². The molecule has 0 spiro atoms. The quantitative estimate of drug-likeness (QED) is 0.709. The zero-order valence-electron chi connectivity index (χ0n) is 7.12. The maximum atomic E-state index is 13.5. The molecule has 0 aromatic carbocycles. The molecule has 1 atom stereocenters. The van der Waals surface area contributed by atoms with Crippen LogP contribution in [0.4, 0.5) is 13.2 Å². The first-order valence-corrected chi connectivity index (χ1v) is 4.18. The molecule has 12 heavy (non-hydrogen) atoms. The number of hydrogen-bond donors (Lipinski definition) is 1. The molecule has 0 saturated heterocycles. The van der Waals surface area contributed by atoms with Gasteiger partial charge in [0.05, 0.1) is 6.54 Å². The molecule has 0 heterocycles. The highest BCUT2D eigenvalue weighted by Crippen LogP contribution is 2.46. The van der Waals surface area contributed by atoms with Gasteiger partial charge in [-0.25, -0.2) is 13.2 Å². The summed E-state index contributed by atoms with van der Waals surface area (Å²) in [5, 5.41) is 0. The molecule has 0 aliphatic heterocycles. The van der Waals surface area contributed by atoms with Crippen LogP contribution in [0.3, 0.4) is 0 Å². The first kappa shape index (κ1) is 9.84. The summed E-state index contributed by atoms with van der Waals surface area (Å²) in [4.78, 5) is 0. The van der Waals surface area contributed by atoms with Gasteiger partial charge >= 0.3 is 0 Å². The molecule has 2 N–H and O–H groups in total. The average Bonchev–Trinajstić information content (AvgIpc) is 1.82. The van der Waals surface area contributed by atoms with Crippen LogP contribution in [0, 0.1) is 5.92 Å². The van der Waals surface area contributed by atoms with Crippen LogP contribution in [0.2, 0.25) is 0 Å². The fraction of sp³-hybridized carbons (Fsp3) is 1.00. The smallest absolute Gasteiger partial charge is 0.293 e. The van der Waals surface area contributed by atoms with Crippen LogP contribution in [-0.2, 0) is 0 Å². The van der Waals surface area contributed by atoms with Crippen LogP contribution in [0.5, 0.6) is 0 Å². The Bertz CT molecular complexity index is 164. The molecule has 1 aliphatic carbocycles. The summed E-state index contributed by atoms with van der Waals surface area (Å²) in [5.41, 5.74) is 2.40. The third-order valence-electron chi connectivity index (χ3n) is 2.84. The predicted octanol–water partition coefficient (Wildman–Crippen LogP) is 2.11. The fourth-order valence-electron chi connectivity index (χ4n) is 1.45. The summed E-state index contributed by atoms with van der Waals surface area (Å²) in [6, 6.07) is 0. The van der Waals surface area contributed by atoms with E-state index in [0.29, 0.717) is 12.8 Å². The second-order valence-corrected chi connectivity index (χ2v) is 3.61. The van der Waals surface area contributed by atoms with Gasteiger partial charge in [0.25, 0.3) is 5.92 Å². The largest absolute Gasteiger partial charge is 0.325 e. The van der Waals surface area contributed by atoms with E-state index in [9.17, 15) is 13.2 Å². The summed E-state index contributed by atoms with van der Waals surface area (Å²) in [6.45, 7) is 0.0557. The van der Waals surface area contributed by atoms with E-state index in [-0.39, 0.29) is 0 Å². The van der Waals surface area contributed by atoms with Crippen LogP contribution < -0.4 is 5.73 Å². The summed E-state index contributed by atoms with van der Waals surface area (Å²) >= 11 is 0. The van der Waals surface area contributed by atoms with E-state index >= 15 is 0 Å². The highest BCUT2D eigenvalue weighted by Gasteiger charge is 2.56. The lowest BCUT2D eigenvalue weighted by molar-refractivity contribution is -0.161. The number of rotatable bonds is 3. The van der Waals surface area contributed by atoms with Crippen LogP contribution in [0.25, 0.3) is 0 Å². The number of alkyl halides is 3. The summed E-state index contributed by atoms with van der Waals surface area (Å²) in [6.07, 6.45) is 1.97. The van der Waals surface area contributed by atoms with E-state index in [2.05, 4.69) is 0 Å². The Morgan fingerprint density at radius 2 is 1.83 bits per heavy atom. The average molecular weight is 181 g/mol. The lowest BCUT2D eigenvalue weighted by Gasteiger charge is -2.41. The normalized spacial score (nSPS) is 24.8. The van der Waals surface area contributed by atoms with E-state index in [1.807, 2.05) is 0 Å². The van der Waals surface area contributed by atoms with E-state index in [4.69, 9.17) is 5.73 Å². The Balaban J connectivity index is 2.68. The summed E-state index contributed by atoms with van der Waals surface area (Å²) in [7, 11) is 0. The fourth-order valence-corrected chi connectivity index (χ4v) is 1.45. The van der Waals surface area contributed by atoms with Crippen molar-refractivity contribution in [2.75, 3.05) is 6.54 Å². The topological polar surface area (TPSA) is 26.0 Å². The Morgan fingerprint density at radius 1 is 1.33 bits per heavy atom. The van der Waals surface area contributed by atoms with Crippen molar-refractivity contribution in [3.05, 3.63) is 0 Å². The predicted molar refractivity (Wildman–Crippen MR) is 40.9 cm³/mol. The lowest BCUT2D eigenvalue weighted by atomic mass is 9.72. The molecular formula is C8H14F3N. The van der Waals surface area contributed by atoms with Crippen LogP contribution in [-0.4, -0.2) is 18.1 Å². The Kier molecular flexibility index (Phi) is 2.38. The third kappa shape index (κ3) is 1.32. The minimum Gasteiger partial charge on any atom is -0.325 e. The number of halogens is 3. The van der Waals surface area contributed by atoms with Crippen molar-refractivity contribution in [1.82, 2.24) is 0 Å². The molecule has 1 aliphatic rings. The van der Waals surface area contributed by atoms with Gasteiger partial charge < -0.3 is 5.73 Å². The minimum atomic E-state index is -3.38. The maximum absolute atomic E-state index is 13.5. The monoisotopic (exact) mass is 181 g/mol. The zero-order valence-corrected chi connectivity index (χ0v) is 7.12. The molecule has 1 rings (SSSR count). The number of hydrogen-bond acceptors (Lipinski definition) is 1. The van der Waals surface area contributed by atoms with Gasteiger partial charge in [0.2, 0.25) is 0 Å². The molecule has 0 aromatic rings. The molecule has 0 radical (unpaired) electrons. The van der Waals surface area contributed by atoms with Crippen molar-refractivity contribution in [3.63, 3.8) is 0 Å². The zero-order chi connectivity index (χ0) is 9.41. The molecular weight excluding hydrogens is 167 g/mol. The highest BCUT2D eigenvalue weighted by atomic mass is 19.3. The Labute approximate surface area is 70.1 Å². The lowest BCUT2D eigenvalue weighted by Crippen LogP contribution is -2.53. The van der Waals surface area contributed by atoms with Gasteiger partial charge in [-0.2, -0.15) is 0 Å². The van der Waals surface area contributed by atoms with Crippen LogP contribution >= 0.6 is 0 Å². The van der Waals surface area contributed by atoms with Gasteiger partial charge in [-0.05, 0) is 25.7 Å². The van der Waals surface area contributed by atoms with Crippen molar-refractivity contribution in [2.45, 2.75) is 37.8 Å². The Morgan fingerprint density at radius 3 is 2.08 bits per heavy atom. The molecule has 0 bridgehead atoms. The van der Waals surface area contributed by atoms with Gasteiger partial charge in [0.15, 0.2) is 5.67 Å². The van der Waals surface area contributed by atoms with Crippen molar-refractivity contribution in [2.24, 2.45) is 11.7 Å². The second-order valence-electron chi connectivity index (χ2n) is 3.61. The van der Waals surface area contributed by atoms with E-state index in [1.165, 1.54) is 0 Å². The van der Waals surface area contributed by atoms with E-state index < -0.39 is 24.1 Å². The molecule has 1 unspecified atom stereocenters. The van der Waals surface area contributed by atoms with Gasteiger partial charge in [0, 0.05) is 0 Å². The van der Waals surface area contributed by atoms with Crippen LogP contribution in [0.15, 0.2) is 0 Å². The van der Waals surface area contributed by atoms with Gasteiger partial charge in [0.1, 0.15) is 0 Å². The molecule has 1 fully saturated rings. The van der Waals surface area contributed by atoms with Crippen molar-refractivity contribution in [1.29, 1.82) is 0 Å². The first-order valence-electron chi connectivity index (χ1n) is 4.18. The third-order valence-corrected chi connectivity index (χ3v) is 2.84. The molecule has 0 aromatic heterocycles. The summed E-state index contributed by atoms with van der Waals surface area (Å²) in [5.74, 6) is -3.88. The van der Waals surface area contributed by atoms with Crippen molar-refractivity contribution >= 4 is 0 Å². The molecule has 0 amide bonds. The standard InChI is InChI=1S/C8H14F3N/c1-7(9,6-3-2-4-6)8(10,11)5-12/h6H,2-5,12H2,1H3. The van der Waals surface area contributed by atoms with E-state index in [0.717, 1.165) is 13.3 Å². The molecule has 1 saturated carbocycles. The van der Waals surface area contributed by atoms with Crippen molar-refractivity contribution < 1.29 is 13.2 Å². The first-order chi connectivity index (χ1) is 5.42. The maximum Gasteiger partial charge on any atom is 0.293 e. The molecule has 4 heteroatoms. The SMILES string of the molecule is CC(F)(C1CCC1)C(F)(F)CN. The van der Waals surface area contributed by atoms with Gasteiger partial charge in [-0.15, -0.1) is 0 Å². The highest BCUT2D eigenvalue weighted by molar-refractivity contribution is 4.98.